The van der Waals surface area contributed by atoms with Gasteiger partial charge >= 0.3 is 0 Å². The maximum Gasteiger partial charge on any atom is 0.281 e. The van der Waals surface area contributed by atoms with Crippen LogP contribution in [0.1, 0.15) is 5.69 Å². The Hall–Kier alpha value is -1.11. The second kappa shape index (κ2) is 3.73. The van der Waals surface area contributed by atoms with Crippen molar-refractivity contribution < 1.29 is 8.42 Å². The Bertz CT molecular complexity index is 678. The first kappa shape index (κ1) is 11.4. The zero-order chi connectivity index (χ0) is 11.9. The number of aromatic nitrogens is 3. The standard InChI is InChI=1S/C8H5Cl2N3O2S/c1-2-5-3-4-6-11-7(9)8(13(6)12-5)16(10,14)15/h2-4H,1H2. The SMILES string of the molecule is C=Cc1ccc2nc(Cl)c(S(=O)(=O)Cl)n2n1. The molecule has 84 valence electrons. The van der Waals surface area contributed by atoms with Gasteiger partial charge in [0.2, 0.25) is 5.03 Å². The van der Waals surface area contributed by atoms with Gasteiger partial charge in [-0.3, -0.25) is 0 Å². The molecule has 0 aromatic carbocycles. The quantitative estimate of drug-likeness (QED) is 0.787. The number of nitrogens with zero attached hydrogens (tertiary/aromatic N) is 3. The molecule has 0 fully saturated rings. The fourth-order valence-electron chi connectivity index (χ4n) is 1.21. The lowest BCUT2D eigenvalue weighted by molar-refractivity contribution is 0.602. The highest BCUT2D eigenvalue weighted by Crippen LogP contribution is 2.24. The smallest absolute Gasteiger partial charge is 0.214 e. The van der Waals surface area contributed by atoms with Crippen LogP contribution in [-0.4, -0.2) is 23.0 Å². The molecular formula is C8H5Cl2N3O2S. The summed E-state index contributed by atoms with van der Waals surface area (Å²) >= 11 is 5.69. The summed E-state index contributed by atoms with van der Waals surface area (Å²) in [5, 5.41) is 3.43. The summed E-state index contributed by atoms with van der Waals surface area (Å²) in [6, 6.07) is 3.21. The van der Waals surface area contributed by atoms with Gasteiger partial charge in [-0.25, -0.2) is 13.4 Å². The van der Waals surface area contributed by atoms with E-state index in [9.17, 15) is 8.42 Å². The van der Waals surface area contributed by atoms with E-state index < -0.39 is 9.05 Å². The number of hydrogen-bond acceptors (Lipinski definition) is 4. The van der Waals surface area contributed by atoms with Crippen molar-refractivity contribution in [2.24, 2.45) is 0 Å². The minimum absolute atomic E-state index is 0.205. The summed E-state index contributed by atoms with van der Waals surface area (Å²) in [6.45, 7) is 3.52. The van der Waals surface area contributed by atoms with Crippen molar-refractivity contribution in [3.63, 3.8) is 0 Å². The first-order chi connectivity index (χ1) is 7.43. The molecule has 0 aliphatic carbocycles. The molecule has 2 aromatic rings. The van der Waals surface area contributed by atoms with Gasteiger partial charge in [-0.05, 0) is 18.2 Å². The van der Waals surface area contributed by atoms with E-state index >= 15 is 0 Å². The first-order valence-electron chi connectivity index (χ1n) is 4.06. The van der Waals surface area contributed by atoms with Gasteiger partial charge in [-0.1, -0.05) is 18.2 Å². The van der Waals surface area contributed by atoms with Crippen LogP contribution < -0.4 is 0 Å². The van der Waals surface area contributed by atoms with Crippen molar-refractivity contribution >= 4 is 43.1 Å². The minimum Gasteiger partial charge on any atom is -0.214 e. The fourth-order valence-corrected chi connectivity index (χ4v) is 2.81. The van der Waals surface area contributed by atoms with Crippen molar-refractivity contribution in [1.29, 1.82) is 0 Å². The Morgan fingerprint density at radius 3 is 2.69 bits per heavy atom. The Kier molecular flexibility index (Phi) is 2.65. The summed E-state index contributed by atoms with van der Waals surface area (Å²) in [5.41, 5.74) is 0.790. The number of halogens is 2. The van der Waals surface area contributed by atoms with Crippen LogP contribution in [0.2, 0.25) is 5.15 Å². The molecular weight excluding hydrogens is 273 g/mol. The van der Waals surface area contributed by atoms with Crippen LogP contribution in [0.3, 0.4) is 0 Å². The predicted molar refractivity (Wildman–Crippen MR) is 61.1 cm³/mol. The summed E-state index contributed by atoms with van der Waals surface area (Å²) in [5.74, 6) is 0. The molecule has 0 aliphatic rings. The third-order valence-electron chi connectivity index (χ3n) is 1.86. The lowest BCUT2D eigenvalue weighted by atomic mass is 10.4. The number of fused-ring (bicyclic) bond motifs is 1. The molecule has 0 aliphatic heterocycles. The van der Waals surface area contributed by atoms with Gasteiger partial charge in [-0.15, -0.1) is 0 Å². The monoisotopic (exact) mass is 277 g/mol. The van der Waals surface area contributed by atoms with Crippen LogP contribution in [0.4, 0.5) is 0 Å². The molecule has 2 heterocycles. The summed E-state index contributed by atoms with van der Waals surface area (Å²) < 4.78 is 23.6. The molecule has 0 spiro atoms. The van der Waals surface area contributed by atoms with Crippen LogP contribution in [0.15, 0.2) is 23.7 Å². The molecule has 16 heavy (non-hydrogen) atoms. The molecule has 0 amide bonds. The maximum absolute atomic E-state index is 11.3. The number of hydrogen-bond donors (Lipinski definition) is 0. The molecule has 2 rings (SSSR count). The molecule has 5 nitrogen and oxygen atoms in total. The molecule has 2 aromatic heterocycles. The highest BCUT2D eigenvalue weighted by molar-refractivity contribution is 8.13. The normalized spacial score (nSPS) is 11.9. The van der Waals surface area contributed by atoms with Gasteiger partial charge in [0, 0.05) is 10.7 Å². The van der Waals surface area contributed by atoms with E-state index in [1.165, 1.54) is 6.08 Å². The Balaban J connectivity index is 2.92. The zero-order valence-electron chi connectivity index (χ0n) is 7.76. The molecule has 0 radical (unpaired) electrons. The van der Waals surface area contributed by atoms with Gasteiger partial charge in [0.15, 0.2) is 10.8 Å². The lowest BCUT2D eigenvalue weighted by Crippen LogP contribution is -2.02. The second-order valence-electron chi connectivity index (χ2n) is 2.88. The molecule has 0 bridgehead atoms. The van der Waals surface area contributed by atoms with Crippen LogP contribution in [0.25, 0.3) is 11.7 Å². The van der Waals surface area contributed by atoms with Gasteiger partial charge in [0.1, 0.15) is 0 Å². The lowest BCUT2D eigenvalue weighted by Gasteiger charge is -1.98. The van der Waals surface area contributed by atoms with Crippen molar-refractivity contribution in [2.45, 2.75) is 5.03 Å². The van der Waals surface area contributed by atoms with Gasteiger partial charge in [0.25, 0.3) is 9.05 Å². The number of imidazole rings is 1. The van der Waals surface area contributed by atoms with Crippen molar-refractivity contribution in [2.75, 3.05) is 0 Å². The largest absolute Gasteiger partial charge is 0.281 e. The Morgan fingerprint density at radius 1 is 1.44 bits per heavy atom. The first-order valence-corrected chi connectivity index (χ1v) is 6.74. The summed E-state index contributed by atoms with van der Waals surface area (Å²) in [7, 11) is 1.24. The average Bonchev–Trinajstić information content (AvgIpc) is 2.51. The zero-order valence-corrected chi connectivity index (χ0v) is 10.1. The van der Waals surface area contributed by atoms with E-state index in [1.807, 2.05) is 0 Å². The highest BCUT2D eigenvalue weighted by Gasteiger charge is 2.23. The molecule has 0 unspecified atom stereocenters. The van der Waals surface area contributed by atoms with E-state index in [-0.39, 0.29) is 10.2 Å². The fraction of sp³-hybridized carbons (Fsp3) is 0. The van der Waals surface area contributed by atoms with Gasteiger partial charge < -0.3 is 0 Å². The topological polar surface area (TPSA) is 64.3 Å². The van der Waals surface area contributed by atoms with Crippen LogP contribution in [0, 0.1) is 0 Å². The van der Waals surface area contributed by atoms with E-state index in [4.69, 9.17) is 22.3 Å². The molecule has 0 saturated heterocycles. The van der Waals surface area contributed by atoms with Crippen LogP contribution in [-0.2, 0) is 9.05 Å². The average molecular weight is 278 g/mol. The summed E-state index contributed by atoms with van der Waals surface area (Å²) in [4.78, 5) is 3.82. The highest BCUT2D eigenvalue weighted by atomic mass is 35.7. The van der Waals surface area contributed by atoms with Gasteiger partial charge in [0.05, 0.1) is 5.69 Å². The third kappa shape index (κ3) is 1.79. The van der Waals surface area contributed by atoms with E-state index in [1.54, 1.807) is 12.1 Å². The van der Waals surface area contributed by atoms with Gasteiger partial charge in [-0.2, -0.15) is 9.61 Å². The van der Waals surface area contributed by atoms with Crippen molar-refractivity contribution in [3.8, 4) is 0 Å². The molecule has 0 saturated carbocycles. The molecule has 0 atom stereocenters. The predicted octanol–water partition coefficient (Wildman–Crippen LogP) is 1.95. The van der Waals surface area contributed by atoms with Crippen molar-refractivity contribution in [3.05, 3.63) is 29.6 Å². The molecule has 0 N–H and O–H groups in total. The molecule has 8 heteroatoms. The Morgan fingerprint density at radius 2 is 2.12 bits per heavy atom. The van der Waals surface area contributed by atoms with E-state index in [0.717, 1.165) is 4.52 Å². The van der Waals surface area contributed by atoms with E-state index in [2.05, 4.69) is 16.7 Å². The second-order valence-corrected chi connectivity index (χ2v) is 5.72. The van der Waals surface area contributed by atoms with Crippen LogP contribution in [0.5, 0.6) is 0 Å². The van der Waals surface area contributed by atoms with Crippen molar-refractivity contribution in [1.82, 2.24) is 14.6 Å². The minimum atomic E-state index is -4.00. The van der Waals surface area contributed by atoms with Crippen LogP contribution >= 0.6 is 22.3 Å². The Labute approximate surface area is 101 Å². The number of rotatable bonds is 2. The maximum atomic E-state index is 11.3. The third-order valence-corrected chi connectivity index (χ3v) is 3.50. The van der Waals surface area contributed by atoms with E-state index in [0.29, 0.717) is 11.3 Å². The summed E-state index contributed by atoms with van der Waals surface area (Å²) in [6.07, 6.45) is 1.47.